The normalized spacial score (nSPS) is 21.8. The molecular weight excluding hydrogens is 461 g/mol. The molecule has 1 aromatic heterocycles. The summed E-state index contributed by atoms with van der Waals surface area (Å²) in [5.41, 5.74) is 0.809. The molecule has 2 unspecified atom stereocenters. The molecule has 36 heavy (non-hydrogen) atoms. The minimum absolute atomic E-state index is 0.0966. The number of rotatable bonds is 5. The van der Waals surface area contributed by atoms with Gasteiger partial charge < -0.3 is 19.7 Å². The fourth-order valence-corrected chi connectivity index (χ4v) is 5.23. The monoisotopic (exact) mass is 497 g/mol. The number of pyridine rings is 1. The number of ether oxygens (including phenoxy) is 2. The van der Waals surface area contributed by atoms with Crippen LogP contribution in [0.15, 0.2) is 36.5 Å². The molecule has 8 heteroatoms. The first-order valence-corrected chi connectivity index (χ1v) is 12.7. The van der Waals surface area contributed by atoms with Gasteiger partial charge in [-0.05, 0) is 81.8 Å². The number of fused-ring (bicyclic) bond motifs is 1. The summed E-state index contributed by atoms with van der Waals surface area (Å²) in [5, 5.41) is 2.97. The van der Waals surface area contributed by atoms with Gasteiger partial charge in [0.2, 0.25) is 5.91 Å². The predicted octanol–water partition coefficient (Wildman–Crippen LogP) is 5.62. The van der Waals surface area contributed by atoms with E-state index in [0.29, 0.717) is 37.4 Å². The van der Waals surface area contributed by atoms with E-state index in [1.807, 2.05) is 31.7 Å². The average molecular weight is 498 g/mol. The van der Waals surface area contributed by atoms with Gasteiger partial charge in [-0.15, -0.1) is 0 Å². The Bertz CT molecular complexity index is 1110. The van der Waals surface area contributed by atoms with Crippen LogP contribution in [-0.4, -0.2) is 40.1 Å². The Kier molecular flexibility index (Phi) is 7.25. The molecule has 0 spiro atoms. The number of hydrogen-bond donors (Lipinski definition) is 1. The molecule has 7 nitrogen and oxygen atoms in total. The molecule has 1 aliphatic heterocycles. The van der Waals surface area contributed by atoms with Gasteiger partial charge in [-0.3, -0.25) is 9.78 Å². The van der Waals surface area contributed by atoms with Crippen LogP contribution in [0.25, 0.3) is 0 Å². The van der Waals surface area contributed by atoms with E-state index in [1.165, 1.54) is 12.1 Å². The molecule has 2 aromatic rings. The first-order chi connectivity index (χ1) is 16.9. The standard InChI is InChI=1S/C28H36FN3O4/c1-18(2)28(12-10-21(15-28)31-26(34)36-27(3,4)5)25(33)32-13-11-24-19(17-32)14-23(16-30-24)35-22-8-6-20(29)7-9-22/h6-9,14,16,18,21H,10-13,15,17H2,1-5H3,(H,31,34). The Labute approximate surface area is 212 Å². The molecule has 1 saturated carbocycles. The fraction of sp³-hybridized carbons (Fsp3) is 0.536. The van der Waals surface area contributed by atoms with Gasteiger partial charge in [-0.2, -0.15) is 0 Å². The quantitative estimate of drug-likeness (QED) is 0.580. The fourth-order valence-electron chi connectivity index (χ4n) is 5.23. The molecule has 0 bridgehead atoms. The Hall–Kier alpha value is -3.16. The maximum absolute atomic E-state index is 13.9. The highest BCUT2D eigenvalue weighted by Crippen LogP contribution is 2.46. The average Bonchev–Trinajstić information content (AvgIpc) is 3.23. The lowest BCUT2D eigenvalue weighted by Gasteiger charge is -2.39. The lowest BCUT2D eigenvalue weighted by Crippen LogP contribution is -2.48. The van der Waals surface area contributed by atoms with E-state index in [-0.39, 0.29) is 23.7 Å². The molecule has 2 heterocycles. The van der Waals surface area contributed by atoms with Gasteiger partial charge >= 0.3 is 6.09 Å². The summed E-state index contributed by atoms with van der Waals surface area (Å²) in [7, 11) is 0. The van der Waals surface area contributed by atoms with Gasteiger partial charge in [-0.25, -0.2) is 9.18 Å². The largest absolute Gasteiger partial charge is 0.456 e. The van der Waals surface area contributed by atoms with Crippen LogP contribution >= 0.6 is 0 Å². The third kappa shape index (κ3) is 5.79. The van der Waals surface area contributed by atoms with Crippen molar-refractivity contribution in [2.75, 3.05) is 6.54 Å². The molecule has 2 aliphatic rings. The second kappa shape index (κ2) is 10.1. The van der Waals surface area contributed by atoms with Crippen molar-refractivity contribution in [1.82, 2.24) is 15.2 Å². The number of carbonyl (C=O) groups is 2. The first-order valence-electron chi connectivity index (χ1n) is 12.7. The van der Waals surface area contributed by atoms with E-state index < -0.39 is 17.1 Å². The highest BCUT2D eigenvalue weighted by molar-refractivity contribution is 5.84. The van der Waals surface area contributed by atoms with E-state index in [0.717, 1.165) is 24.1 Å². The van der Waals surface area contributed by atoms with Gasteiger partial charge in [0.05, 0.1) is 11.6 Å². The molecule has 1 aromatic carbocycles. The van der Waals surface area contributed by atoms with Gasteiger partial charge in [-0.1, -0.05) is 13.8 Å². The van der Waals surface area contributed by atoms with Crippen LogP contribution in [0.1, 0.15) is 65.1 Å². The summed E-state index contributed by atoms with van der Waals surface area (Å²) in [6.45, 7) is 10.7. The number of halogens is 1. The predicted molar refractivity (Wildman–Crippen MR) is 134 cm³/mol. The van der Waals surface area contributed by atoms with E-state index in [4.69, 9.17) is 9.47 Å². The highest BCUT2D eigenvalue weighted by atomic mass is 19.1. The zero-order valence-electron chi connectivity index (χ0n) is 21.8. The van der Waals surface area contributed by atoms with Crippen molar-refractivity contribution in [3.8, 4) is 11.5 Å². The number of aromatic nitrogens is 1. The SMILES string of the molecule is CC(C)C1(C(=O)N2CCc3ncc(Oc4ccc(F)cc4)cc3C2)CCC(NC(=O)OC(C)(C)C)C1. The summed E-state index contributed by atoms with van der Waals surface area (Å²) in [4.78, 5) is 32.7. The van der Waals surface area contributed by atoms with Crippen LogP contribution in [0.2, 0.25) is 0 Å². The maximum atomic E-state index is 13.9. The van der Waals surface area contributed by atoms with Crippen molar-refractivity contribution >= 4 is 12.0 Å². The Balaban J connectivity index is 1.45. The zero-order valence-corrected chi connectivity index (χ0v) is 21.8. The summed E-state index contributed by atoms with van der Waals surface area (Å²) < 4.78 is 24.5. The van der Waals surface area contributed by atoms with Gasteiger partial charge in [0.25, 0.3) is 0 Å². The molecule has 2 atom stereocenters. The topological polar surface area (TPSA) is 80.8 Å². The van der Waals surface area contributed by atoms with Gasteiger partial charge in [0, 0.05) is 31.2 Å². The van der Waals surface area contributed by atoms with Gasteiger partial charge in [0.1, 0.15) is 22.9 Å². The number of amides is 2. The first kappa shape index (κ1) is 25.9. The van der Waals surface area contributed by atoms with E-state index in [9.17, 15) is 14.0 Å². The summed E-state index contributed by atoms with van der Waals surface area (Å²) in [6, 6.07) is 7.64. The third-order valence-corrected chi connectivity index (χ3v) is 7.15. The van der Waals surface area contributed by atoms with Crippen LogP contribution < -0.4 is 10.1 Å². The Morgan fingerprint density at radius 3 is 2.58 bits per heavy atom. The number of benzene rings is 1. The number of alkyl carbamates (subject to hydrolysis) is 1. The van der Waals surface area contributed by atoms with Crippen molar-refractivity contribution in [1.29, 1.82) is 0 Å². The molecule has 0 saturated heterocycles. The minimum Gasteiger partial charge on any atom is -0.456 e. The zero-order chi connectivity index (χ0) is 26.1. The van der Waals surface area contributed by atoms with Crippen LogP contribution in [0.3, 0.4) is 0 Å². The van der Waals surface area contributed by atoms with Crippen molar-refractivity contribution < 1.29 is 23.5 Å². The van der Waals surface area contributed by atoms with Crippen LogP contribution in [0.5, 0.6) is 11.5 Å². The summed E-state index contributed by atoms with van der Waals surface area (Å²) in [6.07, 6.45) is 3.96. The number of nitrogens with zero attached hydrogens (tertiary/aromatic N) is 2. The summed E-state index contributed by atoms with van der Waals surface area (Å²) >= 11 is 0. The molecule has 1 fully saturated rings. The molecule has 2 amide bonds. The minimum atomic E-state index is -0.567. The maximum Gasteiger partial charge on any atom is 0.407 e. The highest BCUT2D eigenvalue weighted by Gasteiger charge is 2.50. The van der Waals surface area contributed by atoms with Crippen LogP contribution in [-0.2, 0) is 22.5 Å². The number of carbonyl (C=O) groups excluding carboxylic acids is 2. The Morgan fingerprint density at radius 1 is 1.19 bits per heavy atom. The smallest absolute Gasteiger partial charge is 0.407 e. The van der Waals surface area contributed by atoms with E-state index >= 15 is 0 Å². The Morgan fingerprint density at radius 2 is 1.92 bits per heavy atom. The number of nitrogens with one attached hydrogen (secondary N) is 1. The van der Waals surface area contributed by atoms with Crippen molar-refractivity contribution in [3.05, 3.63) is 53.6 Å². The third-order valence-electron chi connectivity index (χ3n) is 7.15. The second-order valence-corrected chi connectivity index (χ2v) is 11.2. The van der Waals surface area contributed by atoms with Crippen LogP contribution in [0.4, 0.5) is 9.18 Å². The van der Waals surface area contributed by atoms with E-state index in [2.05, 4.69) is 24.1 Å². The molecular formula is C28H36FN3O4. The molecule has 194 valence electrons. The molecule has 1 N–H and O–H groups in total. The second-order valence-electron chi connectivity index (χ2n) is 11.2. The summed E-state index contributed by atoms with van der Waals surface area (Å²) in [5.74, 6) is 1.00. The van der Waals surface area contributed by atoms with Crippen LogP contribution in [0, 0.1) is 17.2 Å². The van der Waals surface area contributed by atoms with Crippen molar-refractivity contribution in [2.45, 2.75) is 78.5 Å². The molecule has 1 aliphatic carbocycles. The lowest BCUT2D eigenvalue weighted by atomic mass is 9.74. The number of hydrogen-bond acceptors (Lipinski definition) is 5. The van der Waals surface area contributed by atoms with Crippen molar-refractivity contribution in [2.24, 2.45) is 11.3 Å². The lowest BCUT2D eigenvalue weighted by molar-refractivity contribution is -0.145. The van der Waals surface area contributed by atoms with Crippen molar-refractivity contribution in [3.63, 3.8) is 0 Å². The van der Waals surface area contributed by atoms with Gasteiger partial charge in [0.15, 0.2) is 0 Å². The molecule has 4 rings (SSSR count). The van der Waals surface area contributed by atoms with E-state index in [1.54, 1.807) is 18.3 Å². The molecule has 0 radical (unpaired) electrons.